The lowest BCUT2D eigenvalue weighted by Gasteiger charge is -2.30. The first-order chi connectivity index (χ1) is 15.7. The molecular formula is C27H30N2O3. The summed E-state index contributed by atoms with van der Waals surface area (Å²) in [6.45, 7) is 5.37. The van der Waals surface area contributed by atoms with Gasteiger partial charge in [0.05, 0.1) is 20.3 Å². The van der Waals surface area contributed by atoms with E-state index in [0.717, 1.165) is 60.9 Å². The van der Waals surface area contributed by atoms with Crippen LogP contribution in [0.5, 0.6) is 5.75 Å². The van der Waals surface area contributed by atoms with Gasteiger partial charge in [-0.2, -0.15) is 0 Å². The molecule has 1 fully saturated rings. The molecule has 1 saturated heterocycles. The molecule has 0 bridgehead atoms. The quantitative estimate of drug-likeness (QED) is 0.533. The summed E-state index contributed by atoms with van der Waals surface area (Å²) in [5.41, 5.74) is 3.82. The average Bonchev–Trinajstić information content (AvgIpc) is 2.87. The van der Waals surface area contributed by atoms with Crippen LogP contribution in [-0.2, 0) is 11.3 Å². The van der Waals surface area contributed by atoms with E-state index in [4.69, 9.17) is 9.47 Å². The van der Waals surface area contributed by atoms with E-state index in [1.165, 1.54) is 0 Å². The minimum Gasteiger partial charge on any atom is -0.497 e. The minimum absolute atomic E-state index is 0.0496. The van der Waals surface area contributed by atoms with Gasteiger partial charge in [-0.15, -0.1) is 0 Å². The molecule has 0 radical (unpaired) electrons. The van der Waals surface area contributed by atoms with Crippen molar-refractivity contribution in [3.63, 3.8) is 0 Å². The topological polar surface area (TPSA) is 42.0 Å². The van der Waals surface area contributed by atoms with Gasteiger partial charge in [0.15, 0.2) is 0 Å². The molecule has 1 heterocycles. The van der Waals surface area contributed by atoms with Crippen LogP contribution < -0.4 is 4.74 Å². The third kappa shape index (κ3) is 5.55. The van der Waals surface area contributed by atoms with Crippen molar-refractivity contribution in [3.05, 3.63) is 90.0 Å². The van der Waals surface area contributed by atoms with Crippen LogP contribution in [0.3, 0.4) is 0 Å². The Kier molecular flexibility index (Phi) is 7.54. The fourth-order valence-corrected chi connectivity index (χ4v) is 4.00. The Hall–Kier alpha value is -3.15. The summed E-state index contributed by atoms with van der Waals surface area (Å²) < 4.78 is 10.8. The van der Waals surface area contributed by atoms with Crippen LogP contribution in [0.15, 0.2) is 78.9 Å². The fraction of sp³-hybridized carbons (Fsp3) is 0.296. The summed E-state index contributed by atoms with van der Waals surface area (Å²) in [4.78, 5) is 18.1. The summed E-state index contributed by atoms with van der Waals surface area (Å²) in [5, 5.41) is 0. The Morgan fingerprint density at radius 2 is 1.62 bits per heavy atom. The Balaban J connectivity index is 1.59. The first-order valence-electron chi connectivity index (χ1n) is 11.1. The highest BCUT2D eigenvalue weighted by Crippen LogP contribution is 2.25. The van der Waals surface area contributed by atoms with Crippen LogP contribution >= 0.6 is 0 Å². The Morgan fingerprint density at radius 1 is 0.938 bits per heavy atom. The number of carbonyl (C=O) groups is 1. The SMILES string of the molecule is COc1ccc(CN(CCN2CCOCC2)C(=O)c2ccccc2-c2ccccc2)cc1. The van der Waals surface area contributed by atoms with Gasteiger partial charge >= 0.3 is 0 Å². The molecule has 1 aliphatic heterocycles. The molecule has 0 saturated carbocycles. The summed E-state index contributed by atoms with van der Waals surface area (Å²) >= 11 is 0. The first kappa shape index (κ1) is 22.1. The fourth-order valence-electron chi connectivity index (χ4n) is 4.00. The lowest BCUT2D eigenvalue weighted by Crippen LogP contribution is -2.43. The second-order valence-electron chi connectivity index (χ2n) is 7.94. The Morgan fingerprint density at radius 3 is 2.34 bits per heavy atom. The third-order valence-electron chi connectivity index (χ3n) is 5.85. The van der Waals surface area contributed by atoms with Crippen molar-refractivity contribution in [1.29, 1.82) is 0 Å². The number of nitrogens with zero attached hydrogens (tertiary/aromatic N) is 2. The average molecular weight is 431 g/mol. The maximum Gasteiger partial charge on any atom is 0.254 e. The highest BCUT2D eigenvalue weighted by atomic mass is 16.5. The number of ether oxygens (including phenoxy) is 2. The normalized spacial score (nSPS) is 14.2. The number of hydrogen-bond acceptors (Lipinski definition) is 4. The summed E-state index contributed by atoms with van der Waals surface area (Å²) in [7, 11) is 1.66. The molecule has 166 valence electrons. The molecule has 5 heteroatoms. The van der Waals surface area contributed by atoms with Crippen molar-refractivity contribution < 1.29 is 14.3 Å². The van der Waals surface area contributed by atoms with E-state index in [2.05, 4.69) is 4.90 Å². The number of methoxy groups -OCH3 is 1. The molecule has 0 atom stereocenters. The van der Waals surface area contributed by atoms with Crippen LogP contribution in [-0.4, -0.2) is 62.2 Å². The number of morpholine rings is 1. The zero-order chi connectivity index (χ0) is 22.2. The Labute approximate surface area is 190 Å². The zero-order valence-corrected chi connectivity index (χ0v) is 18.6. The molecule has 0 spiro atoms. The first-order valence-corrected chi connectivity index (χ1v) is 11.1. The number of amides is 1. The highest BCUT2D eigenvalue weighted by Gasteiger charge is 2.21. The van der Waals surface area contributed by atoms with Crippen LogP contribution in [0, 0.1) is 0 Å². The monoisotopic (exact) mass is 430 g/mol. The van der Waals surface area contributed by atoms with Crippen LogP contribution in [0.4, 0.5) is 0 Å². The molecule has 0 N–H and O–H groups in total. The second-order valence-corrected chi connectivity index (χ2v) is 7.94. The van der Waals surface area contributed by atoms with Gasteiger partial charge < -0.3 is 14.4 Å². The molecule has 4 rings (SSSR count). The molecule has 1 aliphatic rings. The van der Waals surface area contributed by atoms with E-state index in [9.17, 15) is 4.79 Å². The van der Waals surface area contributed by atoms with E-state index in [0.29, 0.717) is 13.1 Å². The van der Waals surface area contributed by atoms with Crippen molar-refractivity contribution >= 4 is 5.91 Å². The van der Waals surface area contributed by atoms with Crippen molar-refractivity contribution in [2.45, 2.75) is 6.54 Å². The standard InChI is InChI=1S/C27H30N2O3/c1-31-24-13-11-22(12-14-24)21-29(16-15-28-17-19-32-20-18-28)27(30)26-10-6-5-9-25(26)23-7-3-2-4-8-23/h2-14H,15-21H2,1H3. The summed E-state index contributed by atoms with van der Waals surface area (Å²) in [5.74, 6) is 0.864. The third-order valence-corrected chi connectivity index (χ3v) is 5.85. The molecule has 0 unspecified atom stereocenters. The van der Waals surface area contributed by atoms with Gasteiger partial charge in [0, 0.05) is 38.3 Å². The predicted molar refractivity (Wildman–Crippen MR) is 127 cm³/mol. The van der Waals surface area contributed by atoms with Gasteiger partial charge in [0.25, 0.3) is 5.91 Å². The highest BCUT2D eigenvalue weighted by molar-refractivity contribution is 6.00. The maximum atomic E-state index is 13.8. The number of rotatable bonds is 8. The van der Waals surface area contributed by atoms with E-state index >= 15 is 0 Å². The number of carbonyl (C=O) groups excluding carboxylic acids is 1. The van der Waals surface area contributed by atoms with Gasteiger partial charge in [-0.1, -0.05) is 60.7 Å². The van der Waals surface area contributed by atoms with E-state index in [1.54, 1.807) is 7.11 Å². The number of benzene rings is 3. The lowest BCUT2D eigenvalue weighted by molar-refractivity contribution is 0.0320. The maximum absolute atomic E-state index is 13.8. The largest absolute Gasteiger partial charge is 0.497 e. The second kappa shape index (κ2) is 10.9. The van der Waals surface area contributed by atoms with E-state index < -0.39 is 0 Å². The van der Waals surface area contributed by atoms with Crippen LogP contribution in [0.25, 0.3) is 11.1 Å². The van der Waals surface area contributed by atoms with Gasteiger partial charge in [0.1, 0.15) is 5.75 Å². The lowest BCUT2D eigenvalue weighted by atomic mass is 9.98. The Bertz CT molecular complexity index is 999. The molecule has 32 heavy (non-hydrogen) atoms. The molecule has 1 amide bonds. The van der Waals surface area contributed by atoms with Gasteiger partial charge in [-0.3, -0.25) is 9.69 Å². The van der Waals surface area contributed by atoms with Crippen molar-refractivity contribution in [2.24, 2.45) is 0 Å². The molecule has 3 aromatic carbocycles. The van der Waals surface area contributed by atoms with Crippen molar-refractivity contribution in [2.75, 3.05) is 46.5 Å². The van der Waals surface area contributed by atoms with Gasteiger partial charge in [-0.05, 0) is 34.9 Å². The van der Waals surface area contributed by atoms with Crippen LogP contribution in [0.1, 0.15) is 15.9 Å². The zero-order valence-electron chi connectivity index (χ0n) is 18.6. The molecule has 0 aliphatic carbocycles. The van der Waals surface area contributed by atoms with E-state index in [1.807, 2.05) is 83.8 Å². The molecular weight excluding hydrogens is 400 g/mol. The van der Waals surface area contributed by atoms with Crippen molar-refractivity contribution in [3.8, 4) is 16.9 Å². The van der Waals surface area contributed by atoms with Crippen molar-refractivity contribution in [1.82, 2.24) is 9.80 Å². The predicted octanol–water partition coefficient (Wildman–Crippen LogP) is 4.34. The minimum atomic E-state index is 0.0496. The smallest absolute Gasteiger partial charge is 0.254 e. The van der Waals surface area contributed by atoms with Crippen LogP contribution in [0.2, 0.25) is 0 Å². The number of hydrogen-bond donors (Lipinski definition) is 0. The van der Waals surface area contributed by atoms with E-state index in [-0.39, 0.29) is 5.91 Å². The van der Waals surface area contributed by atoms with Gasteiger partial charge in [-0.25, -0.2) is 0 Å². The molecule has 0 aromatic heterocycles. The molecule has 3 aromatic rings. The summed E-state index contributed by atoms with van der Waals surface area (Å²) in [6, 6.07) is 25.9. The van der Waals surface area contributed by atoms with Gasteiger partial charge in [0.2, 0.25) is 0 Å². The molecule has 5 nitrogen and oxygen atoms in total. The summed E-state index contributed by atoms with van der Waals surface area (Å²) in [6.07, 6.45) is 0.